The SMILES string of the molecule is COc1cc(OCc2csc(-c3ccc(C(=O)N(C)[C@@H]4CCOC4)cc3)n2)c2cc(-c3cn4nc(C)cnc4n3)oc2c1. The van der Waals surface area contributed by atoms with Crippen LogP contribution in [0.2, 0.25) is 0 Å². The first kappa shape index (κ1) is 27.0. The van der Waals surface area contributed by atoms with Crippen LogP contribution in [0.25, 0.3) is 38.8 Å². The van der Waals surface area contributed by atoms with Crippen LogP contribution in [0.1, 0.15) is 28.2 Å². The van der Waals surface area contributed by atoms with E-state index in [1.165, 1.54) is 11.3 Å². The molecule has 7 rings (SSSR count). The number of thiazole rings is 1. The molecule has 2 aromatic carbocycles. The van der Waals surface area contributed by atoms with Crippen molar-refractivity contribution in [3.63, 3.8) is 0 Å². The number of amides is 1. The number of aromatic nitrogens is 5. The number of fused-ring (bicyclic) bond motifs is 2. The molecule has 0 saturated carbocycles. The van der Waals surface area contributed by atoms with Crippen LogP contribution in [0, 0.1) is 6.92 Å². The van der Waals surface area contributed by atoms with Crippen LogP contribution in [0.4, 0.5) is 0 Å². The lowest BCUT2D eigenvalue weighted by atomic mass is 10.1. The Hall–Kier alpha value is -4.81. The summed E-state index contributed by atoms with van der Waals surface area (Å²) in [5, 5.41) is 8.03. The number of aryl methyl sites for hydroxylation is 1. The van der Waals surface area contributed by atoms with Crippen LogP contribution in [0.15, 0.2) is 64.7 Å². The van der Waals surface area contributed by atoms with Crippen molar-refractivity contribution in [3.05, 3.63) is 77.2 Å². The van der Waals surface area contributed by atoms with Crippen LogP contribution in [0.5, 0.6) is 11.5 Å². The summed E-state index contributed by atoms with van der Waals surface area (Å²) in [6.45, 7) is 3.41. The van der Waals surface area contributed by atoms with Gasteiger partial charge in [0.2, 0.25) is 0 Å². The van der Waals surface area contributed by atoms with Gasteiger partial charge >= 0.3 is 0 Å². The summed E-state index contributed by atoms with van der Waals surface area (Å²) in [6, 6.07) is 13.2. The largest absolute Gasteiger partial charge is 0.496 e. The molecule has 0 radical (unpaired) electrons. The number of likely N-dealkylation sites (N-methyl/N-ethyl adjacent to an activating group) is 1. The molecule has 1 amide bonds. The van der Waals surface area contributed by atoms with E-state index in [2.05, 4.69) is 15.1 Å². The summed E-state index contributed by atoms with van der Waals surface area (Å²) >= 11 is 1.53. The first-order chi connectivity index (χ1) is 20.9. The first-order valence-electron chi connectivity index (χ1n) is 13.8. The Morgan fingerprint density at radius 3 is 2.84 bits per heavy atom. The summed E-state index contributed by atoms with van der Waals surface area (Å²) in [5.74, 6) is 2.26. The van der Waals surface area contributed by atoms with Crippen molar-refractivity contribution in [1.29, 1.82) is 0 Å². The van der Waals surface area contributed by atoms with E-state index < -0.39 is 0 Å². The minimum absolute atomic E-state index is 0.00750. The molecule has 5 heterocycles. The average Bonchev–Trinajstić information content (AvgIpc) is 3.85. The number of imidazole rings is 1. The minimum atomic E-state index is -0.00750. The number of carbonyl (C=O) groups is 1. The molecule has 1 aliphatic rings. The van der Waals surface area contributed by atoms with E-state index in [9.17, 15) is 4.79 Å². The van der Waals surface area contributed by atoms with Gasteiger partial charge in [0.25, 0.3) is 11.7 Å². The van der Waals surface area contributed by atoms with E-state index in [-0.39, 0.29) is 18.6 Å². The number of hydrogen-bond acceptors (Lipinski definition) is 10. The number of nitrogens with zero attached hydrogens (tertiary/aromatic N) is 6. The molecule has 218 valence electrons. The molecular formula is C31H28N6O5S. The predicted octanol–water partition coefficient (Wildman–Crippen LogP) is 5.42. The zero-order valence-electron chi connectivity index (χ0n) is 23.8. The van der Waals surface area contributed by atoms with E-state index >= 15 is 0 Å². The molecule has 1 saturated heterocycles. The quantitative estimate of drug-likeness (QED) is 0.227. The molecule has 1 atom stereocenters. The van der Waals surface area contributed by atoms with Crippen molar-refractivity contribution < 1.29 is 23.4 Å². The maximum atomic E-state index is 12.9. The van der Waals surface area contributed by atoms with Crippen LogP contribution < -0.4 is 9.47 Å². The van der Waals surface area contributed by atoms with Crippen LogP contribution in [0.3, 0.4) is 0 Å². The molecule has 1 aliphatic heterocycles. The van der Waals surface area contributed by atoms with Gasteiger partial charge < -0.3 is 23.5 Å². The number of methoxy groups -OCH3 is 1. The third-order valence-corrected chi connectivity index (χ3v) is 8.38. The summed E-state index contributed by atoms with van der Waals surface area (Å²) in [4.78, 5) is 28.3. The molecule has 0 bridgehead atoms. The Morgan fingerprint density at radius 2 is 2.05 bits per heavy atom. The topological polar surface area (TPSA) is 117 Å². The van der Waals surface area contributed by atoms with Gasteiger partial charge in [-0.1, -0.05) is 12.1 Å². The van der Waals surface area contributed by atoms with Crippen LogP contribution >= 0.6 is 11.3 Å². The Kier molecular flexibility index (Phi) is 6.99. The fourth-order valence-corrected chi connectivity index (χ4v) is 5.86. The van der Waals surface area contributed by atoms with Gasteiger partial charge in [-0.3, -0.25) is 4.79 Å². The van der Waals surface area contributed by atoms with E-state index in [0.717, 1.165) is 33.8 Å². The maximum Gasteiger partial charge on any atom is 0.253 e. The Labute approximate surface area is 250 Å². The number of benzene rings is 2. The smallest absolute Gasteiger partial charge is 0.253 e. The van der Waals surface area contributed by atoms with Crippen molar-refractivity contribution in [2.45, 2.75) is 26.0 Å². The monoisotopic (exact) mass is 596 g/mol. The van der Waals surface area contributed by atoms with Crippen molar-refractivity contribution in [2.24, 2.45) is 0 Å². The van der Waals surface area contributed by atoms with Gasteiger partial charge in [-0.25, -0.2) is 19.5 Å². The highest BCUT2D eigenvalue weighted by atomic mass is 32.1. The first-order valence-corrected chi connectivity index (χ1v) is 14.7. The van der Waals surface area contributed by atoms with Gasteiger partial charge in [-0.05, 0) is 31.5 Å². The maximum absolute atomic E-state index is 12.9. The molecule has 0 N–H and O–H groups in total. The zero-order chi connectivity index (χ0) is 29.5. The molecular weight excluding hydrogens is 568 g/mol. The highest BCUT2D eigenvalue weighted by Crippen LogP contribution is 2.37. The molecule has 1 fully saturated rings. The Balaban J connectivity index is 1.08. The molecule has 0 spiro atoms. The second kappa shape index (κ2) is 11.1. The lowest BCUT2D eigenvalue weighted by Crippen LogP contribution is -2.37. The van der Waals surface area contributed by atoms with Crippen molar-refractivity contribution in [2.75, 3.05) is 27.4 Å². The summed E-state index contributed by atoms with van der Waals surface area (Å²) < 4.78 is 24.9. The molecule has 6 aromatic rings. The fraction of sp³-hybridized carbons (Fsp3) is 0.258. The predicted molar refractivity (Wildman–Crippen MR) is 160 cm³/mol. The average molecular weight is 597 g/mol. The van der Waals surface area contributed by atoms with E-state index in [1.807, 2.05) is 61.8 Å². The van der Waals surface area contributed by atoms with Crippen molar-refractivity contribution in [3.8, 4) is 33.5 Å². The molecule has 43 heavy (non-hydrogen) atoms. The van der Waals surface area contributed by atoms with Crippen molar-refractivity contribution >= 4 is 34.0 Å². The highest BCUT2D eigenvalue weighted by Gasteiger charge is 2.25. The minimum Gasteiger partial charge on any atom is -0.496 e. The van der Waals surface area contributed by atoms with Gasteiger partial charge in [0, 0.05) is 42.3 Å². The lowest BCUT2D eigenvalue weighted by molar-refractivity contribution is 0.0711. The van der Waals surface area contributed by atoms with E-state index in [0.29, 0.717) is 53.1 Å². The molecule has 4 aromatic heterocycles. The fourth-order valence-electron chi connectivity index (χ4n) is 5.04. The summed E-state index contributed by atoms with van der Waals surface area (Å²) in [5.41, 5.74) is 4.38. The standard InChI is InChI=1S/C31H28N6O5S/c1-18-13-32-31-34-25(14-37(31)35-18)28-12-24-26(10-23(39-3)11-27(24)42-28)41-15-21-17-43-29(33-21)19-4-6-20(7-5-19)30(38)36(2)22-8-9-40-16-22/h4-7,10-14,17,22H,8-9,15-16H2,1-3H3/t22-/m1/s1. The normalized spacial score (nSPS) is 14.9. The summed E-state index contributed by atoms with van der Waals surface area (Å²) in [6.07, 6.45) is 4.32. The van der Waals surface area contributed by atoms with Gasteiger partial charge in [-0.2, -0.15) is 5.10 Å². The number of carbonyl (C=O) groups excluding carboxylic acids is 1. The van der Waals surface area contributed by atoms with Gasteiger partial charge in [0.05, 0.1) is 48.9 Å². The molecule has 0 aliphatic carbocycles. The summed E-state index contributed by atoms with van der Waals surface area (Å²) in [7, 11) is 3.43. The van der Waals surface area contributed by atoms with Gasteiger partial charge in [-0.15, -0.1) is 11.3 Å². The number of rotatable bonds is 8. The number of furan rings is 1. The Bertz CT molecular complexity index is 1940. The second-order valence-corrected chi connectivity index (χ2v) is 11.2. The van der Waals surface area contributed by atoms with E-state index in [1.54, 1.807) is 28.9 Å². The van der Waals surface area contributed by atoms with Gasteiger partial charge in [0.15, 0.2) is 5.76 Å². The third-order valence-electron chi connectivity index (χ3n) is 7.44. The van der Waals surface area contributed by atoms with Crippen molar-refractivity contribution in [1.82, 2.24) is 29.5 Å². The third kappa shape index (κ3) is 5.30. The second-order valence-electron chi connectivity index (χ2n) is 10.4. The number of ether oxygens (including phenoxy) is 3. The van der Waals surface area contributed by atoms with E-state index in [4.69, 9.17) is 23.6 Å². The molecule has 12 heteroatoms. The van der Waals surface area contributed by atoms with Crippen LogP contribution in [-0.4, -0.2) is 68.8 Å². The molecule has 11 nitrogen and oxygen atoms in total. The van der Waals surface area contributed by atoms with Gasteiger partial charge in [0.1, 0.15) is 34.4 Å². The zero-order valence-corrected chi connectivity index (χ0v) is 24.6. The lowest BCUT2D eigenvalue weighted by Gasteiger charge is -2.23. The molecule has 0 unspecified atom stereocenters. The highest BCUT2D eigenvalue weighted by molar-refractivity contribution is 7.13. The van der Waals surface area contributed by atoms with Crippen LogP contribution in [-0.2, 0) is 11.3 Å². The number of hydrogen-bond donors (Lipinski definition) is 0. The Morgan fingerprint density at radius 1 is 1.19 bits per heavy atom.